The highest BCUT2D eigenvalue weighted by molar-refractivity contribution is 9.10. The highest BCUT2D eigenvalue weighted by Gasteiger charge is 2.45. The fourth-order valence-corrected chi connectivity index (χ4v) is 6.85. The van der Waals surface area contributed by atoms with Crippen molar-refractivity contribution in [3.63, 3.8) is 0 Å². The van der Waals surface area contributed by atoms with E-state index >= 15 is 0 Å². The summed E-state index contributed by atoms with van der Waals surface area (Å²) in [6, 6.07) is 15.0. The second-order valence-electron chi connectivity index (χ2n) is 9.34. The number of aromatic nitrogens is 1. The maximum atomic E-state index is 14.4. The lowest BCUT2D eigenvalue weighted by Gasteiger charge is -2.26. The van der Waals surface area contributed by atoms with Crippen LogP contribution in [0.2, 0.25) is 10.0 Å². The largest absolute Gasteiger partial charge is 0.487 e. The molecule has 4 aromatic rings. The van der Waals surface area contributed by atoms with Crippen LogP contribution in [-0.2, 0) is 16.1 Å². The summed E-state index contributed by atoms with van der Waals surface area (Å²) < 4.78 is 56.7. The molecule has 0 spiro atoms. The number of esters is 1. The molecule has 2 heterocycles. The molecule has 0 aliphatic carbocycles. The van der Waals surface area contributed by atoms with E-state index in [1.165, 1.54) is 37.3 Å². The monoisotopic (exact) mass is 788 g/mol. The van der Waals surface area contributed by atoms with Gasteiger partial charge in [-0.1, -0.05) is 74.7 Å². The highest BCUT2D eigenvalue weighted by Crippen LogP contribution is 2.39. The van der Waals surface area contributed by atoms with Crippen molar-refractivity contribution in [1.29, 1.82) is 0 Å². The summed E-state index contributed by atoms with van der Waals surface area (Å²) in [5, 5.41) is 0.649. The fraction of sp³-hybridized carbons (Fsp3) is 0.167. The standard InChI is InChI=1S/C30H19Br2Cl2F3N2O4S/c1-2-42-28(41)23-24(16-5-9-19(33)10-6-16)39-27(40)22(44-29(39)38-26(23)30(35,36)37)12-17-11-20(34)13-21(32)25(17)43-14-15-3-7-18(31)8-4-15/h3-13,24H,2,14H2,1H3/b22-12-/t24-/m1/s1. The van der Waals surface area contributed by atoms with Gasteiger partial charge in [0.2, 0.25) is 0 Å². The van der Waals surface area contributed by atoms with Crippen LogP contribution in [0.5, 0.6) is 5.75 Å². The van der Waals surface area contributed by atoms with Crippen LogP contribution >= 0.6 is 66.4 Å². The summed E-state index contributed by atoms with van der Waals surface area (Å²) in [4.78, 5) is 30.5. The van der Waals surface area contributed by atoms with Gasteiger partial charge in [0.1, 0.15) is 12.4 Å². The van der Waals surface area contributed by atoms with Gasteiger partial charge in [-0.05, 0) is 76.5 Å². The molecule has 0 saturated heterocycles. The van der Waals surface area contributed by atoms with E-state index in [0.29, 0.717) is 25.8 Å². The molecular weight excluding hydrogens is 772 g/mol. The molecule has 5 rings (SSSR count). The molecule has 3 aromatic carbocycles. The lowest BCUT2D eigenvalue weighted by molar-refractivity contribution is -0.140. The molecule has 1 aromatic heterocycles. The average Bonchev–Trinajstić information content (AvgIpc) is 3.27. The molecule has 1 atom stereocenters. The van der Waals surface area contributed by atoms with Gasteiger partial charge < -0.3 is 9.47 Å². The van der Waals surface area contributed by atoms with Crippen LogP contribution in [-0.4, -0.2) is 23.3 Å². The molecule has 0 amide bonds. The van der Waals surface area contributed by atoms with Gasteiger partial charge in [-0.25, -0.2) is 9.79 Å². The third-order valence-corrected chi connectivity index (χ3v) is 8.97. The molecule has 0 radical (unpaired) electrons. The zero-order valence-electron chi connectivity index (χ0n) is 22.4. The van der Waals surface area contributed by atoms with Gasteiger partial charge in [0.25, 0.3) is 5.56 Å². The first-order valence-electron chi connectivity index (χ1n) is 12.8. The van der Waals surface area contributed by atoms with E-state index in [4.69, 9.17) is 32.7 Å². The van der Waals surface area contributed by atoms with Gasteiger partial charge in [0, 0.05) is 20.1 Å². The summed E-state index contributed by atoms with van der Waals surface area (Å²) in [6.45, 7) is 1.47. The Hall–Kier alpha value is -2.90. The molecule has 0 bridgehead atoms. The number of ether oxygens (including phenoxy) is 2. The lowest BCUT2D eigenvalue weighted by Crippen LogP contribution is -2.41. The number of hydrogen-bond acceptors (Lipinski definition) is 6. The number of allylic oxidation sites excluding steroid dienone is 1. The molecule has 14 heteroatoms. The van der Waals surface area contributed by atoms with Crippen molar-refractivity contribution < 1.29 is 27.4 Å². The zero-order valence-corrected chi connectivity index (χ0v) is 27.9. The van der Waals surface area contributed by atoms with E-state index in [0.717, 1.165) is 25.9 Å². The van der Waals surface area contributed by atoms with Crippen LogP contribution in [0.1, 0.15) is 29.7 Å². The van der Waals surface area contributed by atoms with Gasteiger partial charge in [-0.3, -0.25) is 9.36 Å². The Bertz CT molecular complexity index is 1960. The van der Waals surface area contributed by atoms with Crippen molar-refractivity contribution in [2.45, 2.75) is 25.7 Å². The number of thiazole rings is 1. The van der Waals surface area contributed by atoms with Gasteiger partial charge in [0.05, 0.1) is 27.2 Å². The number of alkyl halides is 3. The summed E-state index contributed by atoms with van der Waals surface area (Å²) >= 11 is 20.0. The predicted molar refractivity (Wildman–Crippen MR) is 170 cm³/mol. The molecule has 1 aliphatic heterocycles. The van der Waals surface area contributed by atoms with E-state index in [9.17, 15) is 22.8 Å². The first-order chi connectivity index (χ1) is 20.9. The maximum Gasteiger partial charge on any atom is 0.434 e. The van der Waals surface area contributed by atoms with Crippen molar-refractivity contribution in [3.05, 3.63) is 127 Å². The molecule has 228 valence electrons. The molecule has 1 aliphatic rings. The third-order valence-electron chi connectivity index (χ3n) is 6.40. The summed E-state index contributed by atoms with van der Waals surface area (Å²) in [5.41, 5.74) is -1.43. The number of carbonyl (C=O) groups is 1. The predicted octanol–water partition coefficient (Wildman–Crippen LogP) is 7.75. The van der Waals surface area contributed by atoms with E-state index in [2.05, 4.69) is 36.9 Å². The average molecular weight is 791 g/mol. The van der Waals surface area contributed by atoms with Gasteiger partial charge in [0.15, 0.2) is 10.5 Å². The smallest absolute Gasteiger partial charge is 0.434 e. The van der Waals surface area contributed by atoms with Crippen LogP contribution in [0, 0.1) is 0 Å². The number of halogens is 7. The molecular formula is C30H19Br2Cl2F3N2O4S. The Morgan fingerprint density at radius 1 is 1.07 bits per heavy atom. The summed E-state index contributed by atoms with van der Waals surface area (Å²) in [5.74, 6) is -0.874. The van der Waals surface area contributed by atoms with Gasteiger partial charge in [-0.15, -0.1) is 0 Å². The molecule has 0 fully saturated rings. The number of benzene rings is 3. The van der Waals surface area contributed by atoms with E-state index in [1.54, 1.807) is 12.1 Å². The van der Waals surface area contributed by atoms with Crippen LogP contribution in [0.15, 0.2) is 90.7 Å². The van der Waals surface area contributed by atoms with Crippen LogP contribution in [0.25, 0.3) is 6.08 Å². The molecule has 6 nitrogen and oxygen atoms in total. The zero-order chi connectivity index (χ0) is 31.8. The van der Waals surface area contributed by atoms with E-state index in [1.807, 2.05) is 24.3 Å². The third kappa shape index (κ3) is 6.84. The Labute approximate surface area is 279 Å². The van der Waals surface area contributed by atoms with Crippen LogP contribution < -0.4 is 19.6 Å². The maximum absolute atomic E-state index is 14.4. The van der Waals surface area contributed by atoms with Gasteiger partial charge in [-0.2, -0.15) is 13.2 Å². The van der Waals surface area contributed by atoms with Crippen LogP contribution in [0.4, 0.5) is 13.2 Å². The minimum absolute atomic E-state index is 0.0389. The Morgan fingerprint density at radius 2 is 1.75 bits per heavy atom. The fourth-order valence-electron chi connectivity index (χ4n) is 4.52. The van der Waals surface area contributed by atoms with E-state index < -0.39 is 35.0 Å². The van der Waals surface area contributed by atoms with Crippen molar-refractivity contribution in [2.24, 2.45) is 4.99 Å². The quantitative estimate of drug-likeness (QED) is 0.180. The lowest BCUT2D eigenvalue weighted by atomic mass is 9.95. The highest BCUT2D eigenvalue weighted by atomic mass is 79.9. The SMILES string of the molecule is CCOC(=O)C1=C(C(F)(F)F)N=c2s/c(=C\c3cc(Cl)cc(Br)c3OCc3ccc(Br)cc3)c(=O)n2[C@@H]1c1ccc(Cl)cc1. The van der Waals surface area contributed by atoms with Crippen molar-refractivity contribution in [3.8, 4) is 5.75 Å². The number of nitrogens with zero attached hydrogens (tertiary/aromatic N) is 2. The topological polar surface area (TPSA) is 69.9 Å². The van der Waals surface area contributed by atoms with Crippen molar-refractivity contribution in [2.75, 3.05) is 6.61 Å². The first-order valence-corrected chi connectivity index (χ1v) is 15.9. The number of rotatable bonds is 7. The van der Waals surface area contributed by atoms with Crippen LogP contribution in [0.3, 0.4) is 0 Å². The van der Waals surface area contributed by atoms with Gasteiger partial charge >= 0.3 is 12.1 Å². The van der Waals surface area contributed by atoms with Crippen molar-refractivity contribution in [1.82, 2.24) is 4.57 Å². The summed E-state index contributed by atoms with van der Waals surface area (Å²) in [7, 11) is 0. The second-order valence-corrected chi connectivity index (χ2v) is 13.0. The number of carbonyl (C=O) groups excluding carboxylic acids is 1. The minimum Gasteiger partial charge on any atom is -0.487 e. The van der Waals surface area contributed by atoms with Crippen molar-refractivity contribution >= 4 is 78.4 Å². The minimum atomic E-state index is -5.02. The molecule has 0 unspecified atom stereocenters. The summed E-state index contributed by atoms with van der Waals surface area (Å²) in [6.07, 6.45) is -3.55. The number of hydrogen-bond donors (Lipinski definition) is 0. The Morgan fingerprint density at radius 3 is 2.39 bits per heavy atom. The molecule has 0 saturated carbocycles. The Kier molecular flexibility index (Phi) is 9.76. The second kappa shape index (κ2) is 13.2. The Balaban J connectivity index is 1.71. The first kappa shape index (κ1) is 32.5. The molecule has 0 N–H and O–H groups in total. The van der Waals surface area contributed by atoms with E-state index in [-0.39, 0.29) is 28.1 Å². The normalized spacial score (nSPS) is 15.2. The number of fused-ring (bicyclic) bond motifs is 1. The molecule has 44 heavy (non-hydrogen) atoms.